The highest BCUT2D eigenvalue weighted by Gasteiger charge is 2.39. The van der Waals surface area contributed by atoms with Gasteiger partial charge in [0.15, 0.2) is 0 Å². The zero-order valence-electron chi connectivity index (χ0n) is 13.4. The number of hydrogen-bond acceptors (Lipinski definition) is 3. The summed E-state index contributed by atoms with van der Waals surface area (Å²) in [5, 5.41) is 10.3. The molecule has 0 spiro atoms. The average Bonchev–Trinajstić information content (AvgIpc) is 2.95. The Balaban J connectivity index is 1.81. The first-order valence-electron chi connectivity index (χ1n) is 8.21. The van der Waals surface area contributed by atoms with Gasteiger partial charge in [-0.2, -0.15) is 0 Å². The van der Waals surface area contributed by atoms with Gasteiger partial charge in [-0.05, 0) is 45.2 Å². The van der Waals surface area contributed by atoms with Gasteiger partial charge in [0.2, 0.25) is 0 Å². The summed E-state index contributed by atoms with van der Waals surface area (Å²) in [6.07, 6.45) is 2.28. The number of amides is 1. The molecule has 0 aliphatic carbocycles. The van der Waals surface area contributed by atoms with Gasteiger partial charge >= 0.3 is 0 Å². The molecule has 0 unspecified atom stereocenters. The van der Waals surface area contributed by atoms with Crippen LogP contribution in [0.5, 0.6) is 0 Å². The molecule has 1 N–H and O–H groups in total. The fourth-order valence-electron chi connectivity index (χ4n) is 3.87. The van der Waals surface area contributed by atoms with Crippen LogP contribution >= 0.6 is 0 Å². The van der Waals surface area contributed by atoms with Crippen LogP contribution in [-0.2, 0) is 4.74 Å². The maximum Gasteiger partial charge on any atom is 0.254 e. The third kappa shape index (κ3) is 3.03. The van der Waals surface area contributed by atoms with Crippen molar-refractivity contribution in [1.82, 2.24) is 4.90 Å². The minimum absolute atomic E-state index is 0.0473. The normalized spacial score (nSPS) is 28.9. The van der Waals surface area contributed by atoms with Gasteiger partial charge in [0.05, 0.1) is 12.7 Å². The molecule has 0 saturated carbocycles. The van der Waals surface area contributed by atoms with Gasteiger partial charge < -0.3 is 14.7 Å². The van der Waals surface area contributed by atoms with Crippen molar-refractivity contribution in [3.05, 3.63) is 34.9 Å². The Morgan fingerprint density at radius 1 is 1.23 bits per heavy atom. The Hall–Kier alpha value is -1.39. The molecule has 2 heterocycles. The van der Waals surface area contributed by atoms with Gasteiger partial charge in [0.25, 0.3) is 5.91 Å². The SMILES string of the molecule is Cc1cc(C)cc(C(=O)N2CCC[C@@H]2[C@H]2COCC[C@H]2O)c1. The van der Waals surface area contributed by atoms with Gasteiger partial charge in [-0.15, -0.1) is 0 Å². The summed E-state index contributed by atoms with van der Waals surface area (Å²) in [4.78, 5) is 14.9. The highest BCUT2D eigenvalue weighted by atomic mass is 16.5. The van der Waals surface area contributed by atoms with Crippen LogP contribution in [0.1, 0.15) is 40.7 Å². The fraction of sp³-hybridized carbons (Fsp3) is 0.611. The first-order valence-corrected chi connectivity index (χ1v) is 8.21. The predicted octanol–water partition coefficient (Wildman–Crippen LogP) is 2.31. The van der Waals surface area contributed by atoms with E-state index in [-0.39, 0.29) is 24.0 Å². The van der Waals surface area contributed by atoms with Crippen molar-refractivity contribution >= 4 is 5.91 Å². The third-order valence-corrected chi connectivity index (χ3v) is 4.89. The van der Waals surface area contributed by atoms with E-state index in [1.165, 1.54) is 0 Å². The molecule has 2 saturated heterocycles. The van der Waals surface area contributed by atoms with E-state index in [0.29, 0.717) is 19.6 Å². The zero-order valence-corrected chi connectivity index (χ0v) is 13.4. The summed E-state index contributed by atoms with van der Waals surface area (Å²) in [6, 6.07) is 6.09. The molecule has 1 amide bonds. The van der Waals surface area contributed by atoms with Crippen LogP contribution in [0.3, 0.4) is 0 Å². The molecule has 2 aliphatic heterocycles. The van der Waals surface area contributed by atoms with Gasteiger partial charge in [-0.1, -0.05) is 17.2 Å². The number of ether oxygens (including phenoxy) is 1. The summed E-state index contributed by atoms with van der Waals surface area (Å²) in [6.45, 7) is 5.99. The smallest absolute Gasteiger partial charge is 0.254 e. The van der Waals surface area contributed by atoms with Crippen molar-refractivity contribution in [2.24, 2.45) is 5.92 Å². The molecular weight excluding hydrogens is 278 g/mol. The molecule has 2 fully saturated rings. The predicted molar refractivity (Wildman–Crippen MR) is 84.9 cm³/mol. The quantitative estimate of drug-likeness (QED) is 0.912. The number of nitrogens with zero attached hydrogens (tertiary/aromatic N) is 1. The molecule has 22 heavy (non-hydrogen) atoms. The molecular formula is C18H25NO3. The number of rotatable bonds is 2. The van der Waals surface area contributed by atoms with Crippen LogP contribution in [0.15, 0.2) is 18.2 Å². The van der Waals surface area contributed by atoms with E-state index in [0.717, 1.165) is 36.1 Å². The van der Waals surface area contributed by atoms with Crippen LogP contribution < -0.4 is 0 Å². The Morgan fingerprint density at radius 2 is 1.95 bits per heavy atom. The van der Waals surface area contributed by atoms with Crippen molar-refractivity contribution in [3.8, 4) is 0 Å². The second-order valence-corrected chi connectivity index (χ2v) is 6.68. The van der Waals surface area contributed by atoms with Crippen molar-refractivity contribution < 1.29 is 14.6 Å². The number of aliphatic hydroxyl groups excluding tert-OH is 1. The summed E-state index contributed by atoms with van der Waals surface area (Å²) in [7, 11) is 0. The lowest BCUT2D eigenvalue weighted by atomic mass is 9.89. The van der Waals surface area contributed by atoms with E-state index in [9.17, 15) is 9.90 Å². The van der Waals surface area contributed by atoms with E-state index in [4.69, 9.17) is 4.74 Å². The van der Waals surface area contributed by atoms with Gasteiger partial charge in [-0.3, -0.25) is 4.79 Å². The highest BCUT2D eigenvalue weighted by Crippen LogP contribution is 2.31. The Labute approximate surface area is 132 Å². The molecule has 1 aromatic rings. The van der Waals surface area contributed by atoms with Crippen LogP contribution in [0.2, 0.25) is 0 Å². The number of likely N-dealkylation sites (tertiary alicyclic amines) is 1. The van der Waals surface area contributed by atoms with Gasteiger partial charge in [-0.25, -0.2) is 0 Å². The summed E-state index contributed by atoms with van der Waals surface area (Å²) in [5.74, 6) is 0.137. The molecule has 2 aliphatic rings. The zero-order chi connectivity index (χ0) is 15.7. The van der Waals surface area contributed by atoms with E-state index in [1.54, 1.807) is 0 Å². The maximum absolute atomic E-state index is 12.9. The number of aliphatic hydroxyl groups is 1. The lowest BCUT2D eigenvalue weighted by molar-refractivity contribution is -0.0589. The second-order valence-electron chi connectivity index (χ2n) is 6.68. The van der Waals surface area contributed by atoms with Crippen LogP contribution in [0.4, 0.5) is 0 Å². The average molecular weight is 303 g/mol. The number of benzene rings is 1. The largest absolute Gasteiger partial charge is 0.393 e. The first-order chi connectivity index (χ1) is 10.6. The Kier molecular flexibility index (Phi) is 4.50. The lowest BCUT2D eigenvalue weighted by Gasteiger charge is -2.37. The Bertz CT molecular complexity index is 537. The molecule has 0 radical (unpaired) electrons. The van der Waals surface area contributed by atoms with Crippen molar-refractivity contribution in [2.75, 3.05) is 19.8 Å². The van der Waals surface area contributed by atoms with Crippen LogP contribution in [-0.4, -0.2) is 47.8 Å². The minimum Gasteiger partial charge on any atom is -0.393 e. The number of hydrogen-bond donors (Lipinski definition) is 1. The van der Waals surface area contributed by atoms with Gasteiger partial charge in [0, 0.05) is 30.7 Å². The van der Waals surface area contributed by atoms with Crippen LogP contribution in [0, 0.1) is 19.8 Å². The monoisotopic (exact) mass is 303 g/mol. The summed E-state index contributed by atoms with van der Waals surface area (Å²) in [5.41, 5.74) is 2.98. The van der Waals surface area contributed by atoms with Crippen molar-refractivity contribution in [2.45, 2.75) is 45.3 Å². The number of carbonyl (C=O) groups is 1. The minimum atomic E-state index is -0.355. The van der Waals surface area contributed by atoms with E-state index in [1.807, 2.05) is 30.9 Å². The lowest BCUT2D eigenvalue weighted by Crippen LogP contribution is -2.48. The topological polar surface area (TPSA) is 49.8 Å². The third-order valence-electron chi connectivity index (χ3n) is 4.89. The van der Waals surface area contributed by atoms with Crippen molar-refractivity contribution in [3.63, 3.8) is 0 Å². The molecule has 4 heteroatoms. The number of aryl methyl sites for hydroxylation is 2. The highest BCUT2D eigenvalue weighted by molar-refractivity contribution is 5.95. The fourth-order valence-corrected chi connectivity index (χ4v) is 3.87. The molecule has 4 nitrogen and oxygen atoms in total. The van der Waals surface area contributed by atoms with E-state index >= 15 is 0 Å². The molecule has 0 aromatic heterocycles. The molecule has 3 rings (SSSR count). The van der Waals surface area contributed by atoms with Gasteiger partial charge in [0.1, 0.15) is 0 Å². The second kappa shape index (κ2) is 6.39. The van der Waals surface area contributed by atoms with E-state index < -0.39 is 0 Å². The molecule has 0 bridgehead atoms. The Morgan fingerprint density at radius 3 is 2.64 bits per heavy atom. The van der Waals surface area contributed by atoms with Crippen molar-refractivity contribution in [1.29, 1.82) is 0 Å². The molecule has 1 aromatic carbocycles. The number of carbonyl (C=O) groups excluding carboxylic acids is 1. The standard InChI is InChI=1S/C18H25NO3/c1-12-8-13(2)10-14(9-12)18(21)19-6-3-4-16(19)15-11-22-7-5-17(15)20/h8-10,15-17,20H,3-7,11H2,1-2H3/t15-,16-,17-/m1/s1. The van der Waals surface area contributed by atoms with Crippen LogP contribution in [0.25, 0.3) is 0 Å². The van der Waals surface area contributed by atoms with E-state index in [2.05, 4.69) is 6.07 Å². The molecule has 3 atom stereocenters. The first kappa shape index (κ1) is 15.5. The summed E-state index contributed by atoms with van der Waals surface area (Å²) < 4.78 is 5.54. The molecule has 120 valence electrons. The maximum atomic E-state index is 12.9. The summed E-state index contributed by atoms with van der Waals surface area (Å²) >= 11 is 0.